The molecule has 0 aliphatic rings. The maximum atomic E-state index is 14.1. The van der Waals surface area contributed by atoms with Crippen LogP contribution in [0.1, 0.15) is 48.0 Å². The van der Waals surface area contributed by atoms with Crippen LogP contribution in [0.15, 0.2) is 54.0 Å². The second kappa shape index (κ2) is 13.2. The summed E-state index contributed by atoms with van der Waals surface area (Å²) in [7, 11) is 0. The minimum atomic E-state index is -0.870. The predicted octanol–water partition coefficient (Wildman–Crippen LogP) is 5.50. The number of hydrogen-bond donors (Lipinski definition) is 1. The lowest BCUT2D eigenvalue weighted by molar-refractivity contribution is -0.155. The Labute approximate surface area is 248 Å². The first-order valence-electron chi connectivity index (χ1n) is 13.1. The fourth-order valence-corrected chi connectivity index (χ4v) is 3.90. The van der Waals surface area contributed by atoms with Crippen LogP contribution in [0.2, 0.25) is 5.02 Å². The molecule has 1 amide bonds. The normalized spacial score (nSPS) is 12.4. The van der Waals surface area contributed by atoms with Crippen molar-refractivity contribution in [2.45, 2.75) is 78.3 Å². The molecule has 2 heterocycles. The van der Waals surface area contributed by atoms with Gasteiger partial charge in [0.15, 0.2) is 11.6 Å². The number of rotatable bonds is 10. The zero-order chi connectivity index (χ0) is 31.2. The molecule has 1 N–H and O–H groups in total. The van der Waals surface area contributed by atoms with E-state index in [4.69, 9.17) is 25.8 Å². The second-order valence-corrected chi connectivity index (χ2v) is 11.8. The highest BCUT2D eigenvalue weighted by Crippen LogP contribution is 2.26. The molecule has 1 aromatic carbocycles. The number of nitrogens with zero attached hydrogens (tertiary/aromatic N) is 4. The van der Waals surface area contributed by atoms with Crippen LogP contribution < -0.4 is 15.7 Å². The maximum absolute atomic E-state index is 14.1. The molecular formula is C29H35ClFN5O6. The highest BCUT2D eigenvalue weighted by Gasteiger charge is 2.26. The van der Waals surface area contributed by atoms with Gasteiger partial charge in [-0.05, 0) is 71.9 Å². The fraction of sp³-hybridized carbons (Fsp3) is 0.414. The largest absolute Gasteiger partial charge is 0.460 e. The summed E-state index contributed by atoms with van der Waals surface area (Å²) in [5.74, 6) is -0.928. The van der Waals surface area contributed by atoms with Crippen molar-refractivity contribution < 1.29 is 28.2 Å². The van der Waals surface area contributed by atoms with E-state index in [1.165, 1.54) is 10.8 Å². The molecule has 13 heteroatoms. The SMILES string of the molecule is C=CCn1c(-c2ccc(Oc3ncc(Cl)cc3F)cc2)nn(C[C@H](CC(=O)OC(C)(C)C)NC(=O)OC(C)(C)C)c1=O. The Bertz CT molecular complexity index is 1460. The second-order valence-electron chi connectivity index (χ2n) is 11.4. The zero-order valence-corrected chi connectivity index (χ0v) is 25.2. The monoisotopic (exact) mass is 603 g/mol. The topological polar surface area (TPSA) is 127 Å². The minimum absolute atomic E-state index is 0.139. The van der Waals surface area contributed by atoms with Crippen molar-refractivity contribution in [2.24, 2.45) is 0 Å². The third kappa shape index (κ3) is 9.44. The summed E-state index contributed by atoms with van der Waals surface area (Å²) in [5.41, 5.74) is -1.46. The smallest absolute Gasteiger partial charge is 0.407 e. The van der Waals surface area contributed by atoms with Crippen molar-refractivity contribution in [1.82, 2.24) is 24.6 Å². The number of aromatic nitrogens is 4. The molecule has 2 aromatic heterocycles. The van der Waals surface area contributed by atoms with Gasteiger partial charge in [-0.2, -0.15) is 0 Å². The van der Waals surface area contributed by atoms with Crippen molar-refractivity contribution in [2.75, 3.05) is 0 Å². The van der Waals surface area contributed by atoms with Crippen molar-refractivity contribution in [3.05, 3.63) is 70.5 Å². The molecule has 0 aliphatic carbocycles. The highest BCUT2D eigenvalue weighted by molar-refractivity contribution is 6.30. The summed E-state index contributed by atoms with van der Waals surface area (Å²) in [5, 5.41) is 7.28. The molecule has 0 aliphatic heterocycles. The van der Waals surface area contributed by atoms with Crippen LogP contribution in [0.4, 0.5) is 9.18 Å². The number of carbonyl (C=O) groups is 2. The van der Waals surface area contributed by atoms with Gasteiger partial charge in [-0.15, -0.1) is 11.7 Å². The van der Waals surface area contributed by atoms with Crippen LogP contribution in [0.5, 0.6) is 11.6 Å². The van der Waals surface area contributed by atoms with Gasteiger partial charge in [0.1, 0.15) is 17.0 Å². The lowest BCUT2D eigenvalue weighted by Gasteiger charge is -2.25. The summed E-state index contributed by atoms with van der Waals surface area (Å²) >= 11 is 5.74. The first-order chi connectivity index (χ1) is 19.5. The predicted molar refractivity (Wildman–Crippen MR) is 155 cm³/mol. The lowest BCUT2D eigenvalue weighted by atomic mass is 10.1. The van der Waals surface area contributed by atoms with Gasteiger partial charge in [0.05, 0.1) is 24.0 Å². The number of allylic oxidation sites excluding steroid dienone is 1. The number of halogens is 2. The Morgan fingerprint density at radius 1 is 1.12 bits per heavy atom. The van der Waals surface area contributed by atoms with Crippen LogP contribution in [0, 0.1) is 5.82 Å². The van der Waals surface area contributed by atoms with E-state index in [9.17, 15) is 18.8 Å². The van der Waals surface area contributed by atoms with E-state index in [-0.39, 0.29) is 30.4 Å². The highest BCUT2D eigenvalue weighted by atomic mass is 35.5. The van der Waals surface area contributed by atoms with Gasteiger partial charge >= 0.3 is 17.8 Å². The lowest BCUT2D eigenvalue weighted by Crippen LogP contribution is -2.44. The van der Waals surface area contributed by atoms with Crippen LogP contribution in [-0.2, 0) is 27.4 Å². The Hall–Kier alpha value is -4.19. The molecule has 3 aromatic rings. The Morgan fingerprint density at radius 3 is 2.33 bits per heavy atom. The third-order valence-electron chi connectivity index (χ3n) is 5.28. The summed E-state index contributed by atoms with van der Waals surface area (Å²) in [6.07, 6.45) is 1.83. The average molecular weight is 604 g/mol. The van der Waals surface area contributed by atoms with Crippen LogP contribution >= 0.6 is 11.6 Å². The van der Waals surface area contributed by atoms with Crippen LogP contribution in [0.25, 0.3) is 11.4 Å². The molecule has 0 bridgehead atoms. The van der Waals surface area contributed by atoms with Gasteiger partial charge in [0.2, 0.25) is 0 Å². The number of alkyl carbamates (subject to hydrolysis) is 1. The van der Waals surface area contributed by atoms with Crippen molar-refractivity contribution in [3.63, 3.8) is 0 Å². The number of nitrogens with one attached hydrogen (secondary N) is 1. The number of amides is 1. The molecule has 0 radical (unpaired) electrons. The van der Waals surface area contributed by atoms with E-state index in [1.54, 1.807) is 71.9 Å². The zero-order valence-electron chi connectivity index (χ0n) is 24.4. The summed E-state index contributed by atoms with van der Waals surface area (Å²) in [4.78, 5) is 42.4. The van der Waals surface area contributed by atoms with E-state index in [0.717, 1.165) is 10.7 Å². The number of pyridine rings is 1. The molecule has 0 spiro atoms. The molecule has 1 atom stereocenters. The molecule has 3 rings (SSSR count). The molecule has 0 unspecified atom stereocenters. The number of hydrogen-bond acceptors (Lipinski definition) is 8. The van der Waals surface area contributed by atoms with E-state index in [2.05, 4.69) is 22.0 Å². The number of ether oxygens (including phenoxy) is 3. The van der Waals surface area contributed by atoms with Crippen molar-refractivity contribution >= 4 is 23.7 Å². The molecular weight excluding hydrogens is 569 g/mol. The molecule has 42 heavy (non-hydrogen) atoms. The molecule has 0 fully saturated rings. The number of esters is 1. The third-order valence-corrected chi connectivity index (χ3v) is 5.49. The maximum Gasteiger partial charge on any atom is 0.407 e. The standard InChI is InChI=1S/C29H35ClFN5O6/c1-8-13-35-24(18-9-11-21(12-10-18)40-25-22(31)14-19(30)16-32-25)34-36(27(35)39)17-20(15-23(37)41-28(2,3)4)33-26(38)42-29(5,6)7/h8-12,14,16,20H,1,13,15,17H2,2-7H3,(H,33,38)/t20-/m0/s1. The summed E-state index contributed by atoms with van der Waals surface area (Å²) in [6, 6.07) is 6.65. The Balaban J connectivity index is 1.89. The van der Waals surface area contributed by atoms with E-state index in [0.29, 0.717) is 17.1 Å². The molecule has 11 nitrogen and oxygen atoms in total. The summed E-state index contributed by atoms with van der Waals surface area (Å²) < 4.78 is 32.9. The van der Waals surface area contributed by atoms with Crippen molar-refractivity contribution in [1.29, 1.82) is 0 Å². The number of carbonyl (C=O) groups excluding carboxylic acids is 2. The van der Waals surface area contributed by atoms with Crippen molar-refractivity contribution in [3.8, 4) is 23.0 Å². The minimum Gasteiger partial charge on any atom is -0.460 e. The van der Waals surface area contributed by atoms with Gasteiger partial charge in [0, 0.05) is 18.3 Å². The summed E-state index contributed by atoms with van der Waals surface area (Å²) in [6.45, 7) is 14.0. The Morgan fingerprint density at radius 2 is 1.76 bits per heavy atom. The van der Waals surface area contributed by atoms with E-state index >= 15 is 0 Å². The fourth-order valence-electron chi connectivity index (χ4n) is 3.76. The van der Waals surface area contributed by atoms with E-state index < -0.39 is 40.8 Å². The molecule has 0 saturated heterocycles. The average Bonchev–Trinajstić information content (AvgIpc) is 3.14. The van der Waals surface area contributed by atoms with Gasteiger partial charge < -0.3 is 19.5 Å². The first-order valence-corrected chi connectivity index (χ1v) is 13.5. The Kier molecular flexibility index (Phi) is 10.2. The first kappa shape index (κ1) is 32.3. The van der Waals surface area contributed by atoms with Gasteiger partial charge in [-0.25, -0.2) is 23.6 Å². The molecule has 0 saturated carbocycles. The van der Waals surface area contributed by atoms with E-state index in [1.807, 2.05) is 0 Å². The van der Waals surface area contributed by atoms with Crippen LogP contribution in [0.3, 0.4) is 0 Å². The quantitative estimate of drug-likeness (QED) is 0.238. The van der Waals surface area contributed by atoms with Gasteiger partial charge in [0.25, 0.3) is 5.88 Å². The van der Waals surface area contributed by atoms with Gasteiger partial charge in [-0.1, -0.05) is 17.7 Å². The van der Waals surface area contributed by atoms with Crippen LogP contribution in [-0.4, -0.2) is 48.6 Å². The number of benzene rings is 1. The van der Waals surface area contributed by atoms with Gasteiger partial charge in [-0.3, -0.25) is 9.36 Å². The molecule has 226 valence electrons.